The molecule has 38 heavy (non-hydrogen) atoms. The van der Waals surface area contributed by atoms with Crippen molar-refractivity contribution in [3.8, 4) is 11.1 Å². The van der Waals surface area contributed by atoms with Crippen molar-refractivity contribution in [2.75, 3.05) is 11.6 Å². The topological polar surface area (TPSA) is 150 Å². The number of sulfone groups is 1. The molecule has 1 aliphatic carbocycles. The van der Waals surface area contributed by atoms with Gasteiger partial charge in [0.2, 0.25) is 5.91 Å². The lowest BCUT2D eigenvalue weighted by Gasteiger charge is -2.10. The van der Waals surface area contributed by atoms with E-state index in [9.17, 15) is 26.4 Å². The van der Waals surface area contributed by atoms with Gasteiger partial charge in [-0.15, -0.1) is 0 Å². The summed E-state index contributed by atoms with van der Waals surface area (Å²) in [5.74, 6) is -2.79. The molecular weight excluding hydrogens is 523 g/mol. The summed E-state index contributed by atoms with van der Waals surface area (Å²) in [6, 6.07) is 21.5. The number of benzene rings is 3. The maximum absolute atomic E-state index is 12.7. The van der Waals surface area contributed by atoms with Crippen molar-refractivity contribution in [3.05, 3.63) is 83.9 Å². The van der Waals surface area contributed by atoms with E-state index in [1.54, 1.807) is 54.6 Å². The van der Waals surface area contributed by atoms with E-state index in [-0.39, 0.29) is 28.5 Å². The third kappa shape index (κ3) is 7.19. The van der Waals surface area contributed by atoms with Gasteiger partial charge in [-0.25, -0.2) is 13.2 Å². The van der Waals surface area contributed by atoms with E-state index in [0.717, 1.165) is 17.5 Å². The van der Waals surface area contributed by atoms with E-state index in [2.05, 4.69) is 5.32 Å². The van der Waals surface area contributed by atoms with Crippen LogP contribution >= 0.6 is 0 Å². The number of aliphatic carboxylic acids is 1. The van der Waals surface area contributed by atoms with Crippen molar-refractivity contribution >= 4 is 33.2 Å². The maximum Gasteiger partial charge on any atom is 0.490 e. The number of nitrogen functional groups attached to an aromatic ring is 1. The molecule has 0 unspecified atom stereocenters. The van der Waals surface area contributed by atoms with Crippen LogP contribution in [0.5, 0.6) is 0 Å². The number of carboxylic acid groups (broad SMARTS) is 1. The van der Waals surface area contributed by atoms with Crippen molar-refractivity contribution in [1.82, 2.24) is 0 Å². The minimum atomic E-state index is -5.08. The van der Waals surface area contributed by atoms with E-state index in [0.29, 0.717) is 16.8 Å². The molecule has 1 aliphatic rings. The van der Waals surface area contributed by atoms with Gasteiger partial charge in [-0.2, -0.15) is 13.2 Å². The van der Waals surface area contributed by atoms with E-state index < -0.39 is 22.0 Å². The fourth-order valence-electron chi connectivity index (χ4n) is 3.79. The summed E-state index contributed by atoms with van der Waals surface area (Å²) < 4.78 is 55.8. The summed E-state index contributed by atoms with van der Waals surface area (Å²) in [4.78, 5) is 21.8. The van der Waals surface area contributed by atoms with Crippen LogP contribution in [0.1, 0.15) is 23.5 Å². The number of carbonyl (C=O) groups is 2. The first-order valence-corrected chi connectivity index (χ1v) is 13.0. The van der Waals surface area contributed by atoms with Gasteiger partial charge in [0.25, 0.3) is 0 Å². The number of nitrogens with two attached hydrogens (primary N) is 1. The molecule has 2 atom stereocenters. The predicted octanol–water partition coefficient (Wildman–Crippen LogP) is 4.42. The summed E-state index contributed by atoms with van der Waals surface area (Å²) in [6.07, 6.45) is -3.13. The van der Waals surface area contributed by atoms with E-state index in [1.807, 2.05) is 18.2 Å². The molecule has 0 spiro atoms. The third-order valence-electron chi connectivity index (χ3n) is 5.75. The van der Waals surface area contributed by atoms with Gasteiger partial charge in [0.15, 0.2) is 9.84 Å². The minimum Gasteiger partial charge on any atom is -0.475 e. The molecule has 0 bridgehead atoms. The number of halogens is 3. The molecule has 0 radical (unpaired) electrons. The summed E-state index contributed by atoms with van der Waals surface area (Å²) in [5.41, 5.74) is 9.30. The number of hydrogen-bond donors (Lipinski definition) is 4. The number of alkyl halides is 3. The number of hydrogen-bond acceptors (Lipinski definition) is 5. The van der Waals surface area contributed by atoms with Crippen LogP contribution in [0, 0.1) is 11.3 Å². The molecule has 0 aromatic heterocycles. The fraction of sp³-hybridized carbons (Fsp3) is 0.192. The summed E-state index contributed by atoms with van der Waals surface area (Å²) in [5, 5.41) is 17.6. The Labute approximate surface area is 216 Å². The monoisotopic (exact) mass is 547 g/mol. The first kappa shape index (κ1) is 28.4. The second-order valence-electron chi connectivity index (χ2n) is 8.63. The highest BCUT2D eigenvalue weighted by atomic mass is 32.2. The van der Waals surface area contributed by atoms with Crippen LogP contribution in [0.4, 0.5) is 18.9 Å². The van der Waals surface area contributed by atoms with Gasteiger partial charge < -0.3 is 16.2 Å². The van der Waals surface area contributed by atoms with Crippen molar-refractivity contribution < 1.29 is 36.3 Å². The summed E-state index contributed by atoms with van der Waals surface area (Å²) in [6.45, 7) is 0. The van der Waals surface area contributed by atoms with Crippen molar-refractivity contribution in [2.24, 2.45) is 11.7 Å². The van der Waals surface area contributed by atoms with Crippen LogP contribution < -0.4 is 11.1 Å². The zero-order chi connectivity index (χ0) is 28.3. The van der Waals surface area contributed by atoms with E-state index >= 15 is 0 Å². The van der Waals surface area contributed by atoms with Crippen LogP contribution in [0.2, 0.25) is 0 Å². The average Bonchev–Trinajstić information content (AvgIpc) is 3.65. The largest absolute Gasteiger partial charge is 0.490 e. The van der Waals surface area contributed by atoms with Crippen LogP contribution in [0.15, 0.2) is 77.7 Å². The molecule has 3 aromatic carbocycles. The molecule has 1 amide bonds. The Morgan fingerprint density at radius 2 is 1.63 bits per heavy atom. The molecule has 3 aromatic rings. The minimum absolute atomic E-state index is 0.0148. The van der Waals surface area contributed by atoms with Crippen molar-refractivity contribution in [2.45, 2.75) is 23.4 Å². The fourth-order valence-corrected chi connectivity index (χ4v) is 4.70. The predicted molar refractivity (Wildman–Crippen MR) is 136 cm³/mol. The van der Waals surface area contributed by atoms with Gasteiger partial charge in [-0.05, 0) is 47.7 Å². The SMILES string of the molecule is CS(=O)(=O)c1ccccc1-c1ccc(NC(=O)[C@@H]2C[C@@H]2c2cccc(C(=N)N)c2)cc1.O=C(O)C(F)(F)F. The molecule has 200 valence electrons. The normalized spacial score (nSPS) is 16.5. The molecule has 1 fully saturated rings. The average molecular weight is 548 g/mol. The zero-order valence-corrected chi connectivity index (χ0v) is 20.8. The second kappa shape index (κ2) is 11.1. The molecule has 8 nitrogen and oxygen atoms in total. The maximum atomic E-state index is 12.7. The Hall–Kier alpha value is -4.19. The molecule has 5 N–H and O–H groups in total. The van der Waals surface area contributed by atoms with Crippen LogP contribution in [-0.2, 0) is 19.4 Å². The summed E-state index contributed by atoms with van der Waals surface area (Å²) >= 11 is 0. The second-order valence-corrected chi connectivity index (χ2v) is 10.6. The van der Waals surface area contributed by atoms with Crippen LogP contribution in [0.25, 0.3) is 11.1 Å². The Morgan fingerprint density at radius 1 is 1.03 bits per heavy atom. The number of amidine groups is 1. The highest BCUT2D eigenvalue weighted by Gasteiger charge is 2.44. The lowest BCUT2D eigenvalue weighted by atomic mass is 10.0. The molecule has 12 heteroatoms. The number of carboxylic acids is 1. The van der Waals surface area contributed by atoms with E-state index in [4.69, 9.17) is 21.0 Å². The van der Waals surface area contributed by atoms with Gasteiger partial charge in [0, 0.05) is 29.0 Å². The van der Waals surface area contributed by atoms with Gasteiger partial charge in [0.1, 0.15) is 5.84 Å². The number of amides is 1. The van der Waals surface area contributed by atoms with Gasteiger partial charge in [-0.3, -0.25) is 10.2 Å². The molecule has 4 rings (SSSR count). The quantitative estimate of drug-likeness (QED) is 0.265. The lowest BCUT2D eigenvalue weighted by Crippen LogP contribution is -2.21. The van der Waals surface area contributed by atoms with E-state index in [1.165, 1.54) is 6.26 Å². The molecule has 0 heterocycles. The zero-order valence-electron chi connectivity index (χ0n) is 20.0. The van der Waals surface area contributed by atoms with Gasteiger partial charge in [0.05, 0.1) is 4.90 Å². The van der Waals surface area contributed by atoms with Crippen LogP contribution in [-0.4, -0.2) is 43.7 Å². The number of carbonyl (C=O) groups excluding carboxylic acids is 1. The smallest absolute Gasteiger partial charge is 0.475 e. The van der Waals surface area contributed by atoms with Crippen molar-refractivity contribution in [1.29, 1.82) is 5.41 Å². The number of rotatable bonds is 6. The summed E-state index contributed by atoms with van der Waals surface area (Å²) in [7, 11) is -3.35. The Kier molecular flexibility index (Phi) is 8.25. The number of nitrogens with one attached hydrogen (secondary N) is 2. The van der Waals surface area contributed by atoms with Crippen LogP contribution in [0.3, 0.4) is 0 Å². The molecule has 0 aliphatic heterocycles. The number of anilines is 1. The molecule has 1 saturated carbocycles. The standard InChI is InChI=1S/C24H23N3O3S.C2HF3O2/c1-31(29,30)22-8-3-2-7-19(22)15-9-11-18(12-10-15)27-24(28)21-14-20(21)16-5-4-6-17(13-16)23(25)26;3-2(4,5)1(6)7/h2-13,20-21H,14H2,1H3,(H3,25,26)(H,27,28);(H,6,7)/t20-,21-;/m1./s1. The van der Waals surface area contributed by atoms with Gasteiger partial charge >= 0.3 is 12.1 Å². The Bertz CT molecular complexity index is 1470. The van der Waals surface area contributed by atoms with Crippen molar-refractivity contribution in [3.63, 3.8) is 0 Å². The first-order valence-electron chi connectivity index (χ1n) is 11.1. The van der Waals surface area contributed by atoms with Gasteiger partial charge in [-0.1, -0.05) is 48.5 Å². The first-order chi connectivity index (χ1) is 17.7. The Balaban J connectivity index is 0.000000505. The highest BCUT2D eigenvalue weighted by Crippen LogP contribution is 2.48. The molecule has 0 saturated heterocycles. The Morgan fingerprint density at radius 3 is 2.18 bits per heavy atom. The highest BCUT2D eigenvalue weighted by molar-refractivity contribution is 7.90. The lowest BCUT2D eigenvalue weighted by molar-refractivity contribution is -0.192. The molecular formula is C26H24F3N3O5S. The third-order valence-corrected chi connectivity index (χ3v) is 6.90.